The number of aromatic hydroxyl groups is 1. The molecule has 0 aliphatic rings. The standard InChI is InChI=1S/C12H15NO3S/c1-17-7-6-10(12(15)16)13-8-9-4-2-3-5-11(9)14/h2-5,8,10,14H,6-7H2,1H3,(H,15,16). The SMILES string of the molecule is CSCCC(N=Cc1ccccc1O)C(=O)O. The number of phenols is 1. The Hall–Kier alpha value is -1.49. The first kappa shape index (κ1) is 13.6. The third-order valence-corrected chi connectivity index (χ3v) is 2.85. The first-order chi connectivity index (χ1) is 8.15. The molecular formula is C12H15NO3S. The molecule has 92 valence electrons. The van der Waals surface area contributed by atoms with Crippen LogP contribution in [0.2, 0.25) is 0 Å². The number of para-hydroxylation sites is 1. The van der Waals surface area contributed by atoms with Gasteiger partial charge in [0.1, 0.15) is 11.8 Å². The summed E-state index contributed by atoms with van der Waals surface area (Å²) in [4.78, 5) is 14.9. The van der Waals surface area contributed by atoms with Crippen molar-refractivity contribution < 1.29 is 15.0 Å². The van der Waals surface area contributed by atoms with E-state index in [0.29, 0.717) is 12.0 Å². The van der Waals surface area contributed by atoms with E-state index in [1.54, 1.807) is 36.0 Å². The summed E-state index contributed by atoms with van der Waals surface area (Å²) in [6.45, 7) is 0. The van der Waals surface area contributed by atoms with E-state index in [4.69, 9.17) is 5.11 Å². The Morgan fingerprint density at radius 2 is 2.24 bits per heavy atom. The summed E-state index contributed by atoms with van der Waals surface area (Å²) >= 11 is 1.59. The van der Waals surface area contributed by atoms with E-state index in [0.717, 1.165) is 5.75 Å². The highest BCUT2D eigenvalue weighted by atomic mass is 32.2. The van der Waals surface area contributed by atoms with Gasteiger partial charge >= 0.3 is 5.97 Å². The predicted octanol–water partition coefficient (Wildman–Crippen LogP) is 2.02. The van der Waals surface area contributed by atoms with Crippen LogP contribution >= 0.6 is 11.8 Å². The third kappa shape index (κ3) is 4.48. The summed E-state index contributed by atoms with van der Waals surface area (Å²) in [5.41, 5.74) is 0.530. The van der Waals surface area contributed by atoms with Gasteiger partial charge in [0.15, 0.2) is 0 Å². The van der Waals surface area contributed by atoms with E-state index in [1.165, 1.54) is 6.21 Å². The van der Waals surface area contributed by atoms with Crippen LogP contribution in [-0.2, 0) is 4.79 Å². The molecule has 2 N–H and O–H groups in total. The van der Waals surface area contributed by atoms with Crippen molar-refractivity contribution >= 4 is 23.9 Å². The van der Waals surface area contributed by atoms with E-state index < -0.39 is 12.0 Å². The number of hydrogen-bond acceptors (Lipinski definition) is 4. The van der Waals surface area contributed by atoms with Crippen LogP contribution in [-0.4, -0.2) is 40.4 Å². The molecule has 1 atom stereocenters. The lowest BCUT2D eigenvalue weighted by Crippen LogP contribution is -2.18. The number of benzene rings is 1. The zero-order valence-electron chi connectivity index (χ0n) is 9.54. The van der Waals surface area contributed by atoms with Crippen LogP contribution in [0, 0.1) is 0 Å². The number of carbonyl (C=O) groups is 1. The number of aliphatic imine (C=N–C) groups is 1. The molecule has 0 aliphatic carbocycles. The molecule has 0 heterocycles. The minimum atomic E-state index is -0.939. The normalized spacial score (nSPS) is 12.8. The first-order valence-electron chi connectivity index (χ1n) is 5.18. The van der Waals surface area contributed by atoms with Crippen LogP contribution in [0.3, 0.4) is 0 Å². The molecule has 0 spiro atoms. The fourth-order valence-corrected chi connectivity index (χ4v) is 1.72. The van der Waals surface area contributed by atoms with Crippen LogP contribution in [0.4, 0.5) is 0 Å². The maximum Gasteiger partial charge on any atom is 0.328 e. The van der Waals surface area contributed by atoms with Gasteiger partial charge in [-0.3, -0.25) is 4.99 Å². The van der Waals surface area contributed by atoms with Crippen molar-refractivity contribution in [2.24, 2.45) is 4.99 Å². The van der Waals surface area contributed by atoms with Gasteiger partial charge in [0.05, 0.1) is 0 Å². The van der Waals surface area contributed by atoms with Crippen molar-refractivity contribution in [2.75, 3.05) is 12.0 Å². The highest BCUT2D eigenvalue weighted by Gasteiger charge is 2.14. The molecule has 4 nitrogen and oxygen atoms in total. The molecule has 1 aromatic carbocycles. The molecule has 5 heteroatoms. The van der Waals surface area contributed by atoms with Gasteiger partial charge in [0.25, 0.3) is 0 Å². The lowest BCUT2D eigenvalue weighted by molar-refractivity contribution is -0.138. The monoisotopic (exact) mass is 253 g/mol. The zero-order valence-corrected chi connectivity index (χ0v) is 10.4. The Morgan fingerprint density at radius 1 is 1.53 bits per heavy atom. The van der Waals surface area contributed by atoms with Crippen molar-refractivity contribution in [1.82, 2.24) is 0 Å². The van der Waals surface area contributed by atoms with Crippen LogP contribution in [0.1, 0.15) is 12.0 Å². The van der Waals surface area contributed by atoms with Gasteiger partial charge in [-0.15, -0.1) is 0 Å². The van der Waals surface area contributed by atoms with Crippen molar-refractivity contribution in [3.63, 3.8) is 0 Å². The van der Waals surface area contributed by atoms with Gasteiger partial charge in [0, 0.05) is 11.8 Å². The number of rotatable bonds is 6. The quantitative estimate of drug-likeness (QED) is 0.761. The fourth-order valence-electron chi connectivity index (χ4n) is 1.26. The average Bonchev–Trinajstić information content (AvgIpc) is 2.31. The van der Waals surface area contributed by atoms with Gasteiger partial charge in [-0.25, -0.2) is 4.79 Å². The Morgan fingerprint density at radius 3 is 2.82 bits per heavy atom. The highest BCUT2D eigenvalue weighted by Crippen LogP contribution is 2.13. The molecule has 0 saturated carbocycles. The number of nitrogens with zero attached hydrogens (tertiary/aromatic N) is 1. The zero-order chi connectivity index (χ0) is 12.7. The van der Waals surface area contributed by atoms with Gasteiger partial charge in [-0.2, -0.15) is 11.8 Å². The van der Waals surface area contributed by atoms with Crippen LogP contribution in [0.25, 0.3) is 0 Å². The number of carboxylic acid groups (broad SMARTS) is 1. The summed E-state index contributed by atoms with van der Waals surface area (Å²) < 4.78 is 0. The number of thioether (sulfide) groups is 1. The molecule has 0 amide bonds. The summed E-state index contributed by atoms with van der Waals surface area (Å²) in [5, 5.41) is 18.5. The molecule has 0 bridgehead atoms. The number of carboxylic acids is 1. The van der Waals surface area contributed by atoms with Gasteiger partial charge in [0.2, 0.25) is 0 Å². The first-order valence-corrected chi connectivity index (χ1v) is 6.57. The van der Waals surface area contributed by atoms with E-state index in [9.17, 15) is 9.90 Å². The maximum atomic E-state index is 10.9. The second-order valence-corrected chi connectivity index (χ2v) is 4.46. The van der Waals surface area contributed by atoms with Crippen molar-refractivity contribution in [3.05, 3.63) is 29.8 Å². The van der Waals surface area contributed by atoms with Crippen LogP contribution in [0.15, 0.2) is 29.3 Å². The lowest BCUT2D eigenvalue weighted by Gasteiger charge is -2.05. The summed E-state index contributed by atoms with van der Waals surface area (Å²) in [6.07, 6.45) is 3.82. The Kier molecular flexibility index (Phi) is 5.56. The molecule has 1 unspecified atom stereocenters. The summed E-state index contributed by atoms with van der Waals surface area (Å²) in [5.74, 6) is -0.0919. The maximum absolute atomic E-state index is 10.9. The number of hydrogen-bond donors (Lipinski definition) is 2. The topological polar surface area (TPSA) is 69.9 Å². The molecule has 0 aromatic heterocycles. The minimum absolute atomic E-state index is 0.102. The van der Waals surface area contributed by atoms with E-state index in [-0.39, 0.29) is 5.75 Å². The van der Waals surface area contributed by atoms with E-state index in [2.05, 4.69) is 4.99 Å². The lowest BCUT2D eigenvalue weighted by atomic mass is 10.2. The Balaban J connectivity index is 2.72. The molecule has 1 rings (SSSR count). The van der Waals surface area contributed by atoms with Crippen molar-refractivity contribution in [2.45, 2.75) is 12.5 Å². The Bertz CT molecular complexity index is 406. The predicted molar refractivity (Wildman–Crippen MR) is 70.1 cm³/mol. The van der Waals surface area contributed by atoms with Gasteiger partial charge in [-0.1, -0.05) is 12.1 Å². The Labute approximate surface area is 104 Å². The molecule has 0 aliphatic heterocycles. The molecular weight excluding hydrogens is 238 g/mol. The van der Waals surface area contributed by atoms with E-state index in [1.807, 2.05) is 6.26 Å². The minimum Gasteiger partial charge on any atom is -0.507 e. The van der Waals surface area contributed by atoms with Crippen molar-refractivity contribution in [1.29, 1.82) is 0 Å². The van der Waals surface area contributed by atoms with Crippen LogP contribution < -0.4 is 0 Å². The van der Waals surface area contributed by atoms with Crippen molar-refractivity contribution in [3.8, 4) is 5.75 Å². The molecule has 0 saturated heterocycles. The second kappa shape index (κ2) is 6.96. The largest absolute Gasteiger partial charge is 0.507 e. The molecule has 0 fully saturated rings. The van der Waals surface area contributed by atoms with Gasteiger partial charge < -0.3 is 10.2 Å². The van der Waals surface area contributed by atoms with E-state index >= 15 is 0 Å². The summed E-state index contributed by atoms with van der Waals surface area (Å²) in [7, 11) is 0. The second-order valence-electron chi connectivity index (χ2n) is 3.47. The summed E-state index contributed by atoms with van der Waals surface area (Å²) in [6, 6.07) is 5.95. The van der Waals surface area contributed by atoms with Crippen LogP contribution in [0.5, 0.6) is 5.75 Å². The smallest absolute Gasteiger partial charge is 0.328 e. The number of phenolic OH excluding ortho intramolecular Hbond substituents is 1. The molecule has 1 aromatic rings. The molecule has 0 radical (unpaired) electrons. The highest BCUT2D eigenvalue weighted by molar-refractivity contribution is 7.98. The van der Waals surface area contributed by atoms with Gasteiger partial charge in [-0.05, 0) is 30.6 Å². The average molecular weight is 253 g/mol. The number of aliphatic carboxylic acids is 1. The molecule has 17 heavy (non-hydrogen) atoms. The third-order valence-electron chi connectivity index (χ3n) is 2.21. The fraction of sp³-hybridized carbons (Fsp3) is 0.333.